The number of carbonyl (C=O) groups is 2. The van der Waals surface area contributed by atoms with Gasteiger partial charge in [-0.15, -0.1) is 0 Å². The van der Waals surface area contributed by atoms with Gasteiger partial charge >= 0.3 is 0 Å². The van der Waals surface area contributed by atoms with E-state index in [1.54, 1.807) is 13.8 Å². The SMILES string of the molecule is CC(=O)CC(C)C.CCCC(C)=O. The molecule has 0 N–H and O–H groups in total. The van der Waals surface area contributed by atoms with Crippen LogP contribution < -0.4 is 0 Å². The third-order valence-electron chi connectivity index (χ3n) is 1.30. The van der Waals surface area contributed by atoms with Gasteiger partial charge in [0.1, 0.15) is 11.6 Å². The second kappa shape index (κ2) is 9.43. The molecule has 0 heterocycles. The Labute approximate surface area is 81.7 Å². The average Bonchev–Trinajstić information content (AvgIpc) is 1.83. The molecule has 0 fully saturated rings. The number of carbonyl (C=O) groups excluding carboxylic acids is 2. The van der Waals surface area contributed by atoms with Crippen LogP contribution in [0.4, 0.5) is 0 Å². The normalized spacial score (nSPS) is 9.08. The molecule has 0 bridgehead atoms. The van der Waals surface area contributed by atoms with Crippen LogP contribution in [0.25, 0.3) is 0 Å². The lowest BCUT2D eigenvalue weighted by Gasteiger charge is -1.95. The Balaban J connectivity index is 0. The van der Waals surface area contributed by atoms with Gasteiger partial charge in [0.15, 0.2) is 0 Å². The van der Waals surface area contributed by atoms with E-state index in [0.717, 1.165) is 19.3 Å². The van der Waals surface area contributed by atoms with E-state index >= 15 is 0 Å². The van der Waals surface area contributed by atoms with E-state index in [1.165, 1.54) is 0 Å². The van der Waals surface area contributed by atoms with E-state index in [0.29, 0.717) is 5.92 Å². The second-order valence-electron chi connectivity index (χ2n) is 3.75. The Kier molecular flexibility index (Phi) is 10.8. The molecule has 0 atom stereocenters. The van der Waals surface area contributed by atoms with Gasteiger partial charge in [0.25, 0.3) is 0 Å². The zero-order chi connectivity index (χ0) is 10.9. The highest BCUT2D eigenvalue weighted by molar-refractivity contribution is 5.75. The minimum Gasteiger partial charge on any atom is -0.300 e. The largest absolute Gasteiger partial charge is 0.300 e. The zero-order valence-electron chi connectivity index (χ0n) is 9.52. The summed E-state index contributed by atoms with van der Waals surface area (Å²) in [5.41, 5.74) is 0. The van der Waals surface area contributed by atoms with Crippen molar-refractivity contribution in [2.24, 2.45) is 5.92 Å². The van der Waals surface area contributed by atoms with Crippen LogP contribution in [-0.2, 0) is 9.59 Å². The first-order valence-electron chi connectivity index (χ1n) is 4.89. The van der Waals surface area contributed by atoms with Gasteiger partial charge in [0.2, 0.25) is 0 Å². The predicted molar refractivity (Wildman–Crippen MR) is 55.7 cm³/mol. The standard InChI is InChI=1S/C6H12O.C5H10O/c1-5(2)4-6(3)7;1-3-4-5(2)6/h5H,4H2,1-3H3;3-4H2,1-2H3. The van der Waals surface area contributed by atoms with Gasteiger partial charge in [0, 0.05) is 12.8 Å². The summed E-state index contributed by atoms with van der Waals surface area (Å²) in [7, 11) is 0. The number of ketones is 2. The summed E-state index contributed by atoms with van der Waals surface area (Å²) >= 11 is 0. The summed E-state index contributed by atoms with van der Waals surface area (Å²) in [6, 6.07) is 0. The highest BCUT2D eigenvalue weighted by Crippen LogP contribution is 1.97. The maximum atomic E-state index is 10.3. The summed E-state index contributed by atoms with van der Waals surface area (Å²) in [6.07, 6.45) is 2.44. The predicted octanol–water partition coefficient (Wildman–Crippen LogP) is 3.00. The molecule has 0 saturated heterocycles. The van der Waals surface area contributed by atoms with Crippen LogP contribution in [0.1, 0.15) is 53.9 Å². The van der Waals surface area contributed by atoms with Crippen LogP contribution in [-0.4, -0.2) is 11.6 Å². The fourth-order valence-electron chi connectivity index (χ4n) is 0.927. The molecule has 78 valence electrons. The van der Waals surface area contributed by atoms with Crippen LogP contribution in [0.15, 0.2) is 0 Å². The van der Waals surface area contributed by atoms with Crippen molar-refractivity contribution >= 4 is 11.6 Å². The molecular weight excluding hydrogens is 164 g/mol. The van der Waals surface area contributed by atoms with Crippen molar-refractivity contribution in [3.05, 3.63) is 0 Å². The third-order valence-corrected chi connectivity index (χ3v) is 1.30. The maximum Gasteiger partial charge on any atom is 0.130 e. The molecule has 13 heavy (non-hydrogen) atoms. The Morgan fingerprint density at radius 2 is 1.54 bits per heavy atom. The first-order valence-corrected chi connectivity index (χ1v) is 4.89. The maximum absolute atomic E-state index is 10.3. The minimum absolute atomic E-state index is 0.287. The molecule has 0 spiro atoms. The zero-order valence-corrected chi connectivity index (χ0v) is 9.52. The van der Waals surface area contributed by atoms with Crippen molar-refractivity contribution in [2.75, 3.05) is 0 Å². The van der Waals surface area contributed by atoms with Crippen LogP contribution in [0, 0.1) is 5.92 Å². The molecular formula is C11H22O2. The van der Waals surface area contributed by atoms with Crippen LogP contribution in [0.5, 0.6) is 0 Å². The van der Waals surface area contributed by atoms with Gasteiger partial charge in [-0.25, -0.2) is 0 Å². The quantitative estimate of drug-likeness (QED) is 0.676. The van der Waals surface area contributed by atoms with Crippen molar-refractivity contribution in [3.8, 4) is 0 Å². The van der Waals surface area contributed by atoms with Gasteiger partial charge in [-0.05, 0) is 26.2 Å². The fourth-order valence-corrected chi connectivity index (χ4v) is 0.927. The fraction of sp³-hybridized carbons (Fsp3) is 0.818. The van der Waals surface area contributed by atoms with Crippen molar-refractivity contribution in [2.45, 2.75) is 53.9 Å². The lowest BCUT2D eigenvalue weighted by Crippen LogP contribution is -1.95. The first-order chi connectivity index (χ1) is 5.90. The van der Waals surface area contributed by atoms with Crippen molar-refractivity contribution in [1.29, 1.82) is 0 Å². The van der Waals surface area contributed by atoms with Crippen molar-refractivity contribution in [3.63, 3.8) is 0 Å². The second-order valence-corrected chi connectivity index (χ2v) is 3.75. The molecule has 0 aliphatic heterocycles. The average molecular weight is 186 g/mol. The number of Topliss-reactive ketones (excluding diaryl/α,β-unsaturated/α-hetero) is 2. The summed E-state index contributed by atoms with van der Waals surface area (Å²) < 4.78 is 0. The minimum atomic E-state index is 0.287. The summed E-state index contributed by atoms with van der Waals surface area (Å²) in [6.45, 7) is 9.33. The van der Waals surface area contributed by atoms with E-state index in [9.17, 15) is 9.59 Å². The molecule has 0 unspecified atom stereocenters. The van der Waals surface area contributed by atoms with E-state index in [2.05, 4.69) is 0 Å². The highest BCUT2D eigenvalue weighted by Gasteiger charge is 1.95. The van der Waals surface area contributed by atoms with Gasteiger partial charge in [-0.2, -0.15) is 0 Å². The molecule has 0 saturated carbocycles. The molecule has 0 aliphatic rings. The van der Waals surface area contributed by atoms with E-state index in [-0.39, 0.29) is 11.6 Å². The van der Waals surface area contributed by atoms with Crippen molar-refractivity contribution < 1.29 is 9.59 Å². The molecule has 0 aromatic rings. The van der Waals surface area contributed by atoms with Crippen LogP contribution in [0.2, 0.25) is 0 Å². The smallest absolute Gasteiger partial charge is 0.130 e. The summed E-state index contributed by atoms with van der Waals surface area (Å²) in [5.74, 6) is 1.10. The van der Waals surface area contributed by atoms with Crippen molar-refractivity contribution in [1.82, 2.24) is 0 Å². The highest BCUT2D eigenvalue weighted by atomic mass is 16.1. The van der Waals surface area contributed by atoms with E-state index < -0.39 is 0 Å². The third kappa shape index (κ3) is 24.6. The Hall–Kier alpha value is -0.660. The Morgan fingerprint density at radius 3 is 1.54 bits per heavy atom. The Bertz CT molecular complexity index is 148. The van der Waals surface area contributed by atoms with Gasteiger partial charge < -0.3 is 9.59 Å². The lowest BCUT2D eigenvalue weighted by molar-refractivity contribution is -0.118. The molecule has 2 nitrogen and oxygen atoms in total. The van der Waals surface area contributed by atoms with Gasteiger partial charge in [0.05, 0.1) is 0 Å². The van der Waals surface area contributed by atoms with E-state index in [1.807, 2.05) is 20.8 Å². The number of hydrogen-bond donors (Lipinski definition) is 0. The van der Waals surface area contributed by atoms with E-state index in [4.69, 9.17) is 0 Å². The molecule has 0 amide bonds. The molecule has 0 rings (SSSR count). The monoisotopic (exact) mass is 186 g/mol. The first kappa shape index (κ1) is 14.8. The molecule has 0 radical (unpaired) electrons. The topological polar surface area (TPSA) is 34.1 Å². The van der Waals surface area contributed by atoms with Crippen LogP contribution in [0.3, 0.4) is 0 Å². The van der Waals surface area contributed by atoms with Gasteiger partial charge in [-0.3, -0.25) is 0 Å². The Morgan fingerprint density at radius 1 is 1.08 bits per heavy atom. The van der Waals surface area contributed by atoms with Gasteiger partial charge in [-0.1, -0.05) is 20.8 Å². The summed E-state index contributed by atoms with van der Waals surface area (Å²) in [5, 5.41) is 0. The molecule has 2 heteroatoms. The van der Waals surface area contributed by atoms with Crippen LogP contribution >= 0.6 is 0 Å². The number of hydrogen-bond acceptors (Lipinski definition) is 2. The lowest BCUT2D eigenvalue weighted by atomic mass is 10.1. The molecule has 0 aliphatic carbocycles. The molecule has 0 aromatic carbocycles. The number of rotatable bonds is 4. The molecule has 0 aromatic heterocycles. The summed E-state index contributed by atoms with van der Waals surface area (Å²) in [4.78, 5) is 20.3.